The van der Waals surface area contributed by atoms with Gasteiger partial charge in [0.15, 0.2) is 0 Å². The van der Waals surface area contributed by atoms with Crippen LogP contribution in [0.1, 0.15) is 18.1 Å². The number of carbonyl (C=O) groups is 2. The number of nitrogens with one attached hydrogen (secondary N) is 1. The second kappa shape index (κ2) is 10.7. The quantitative estimate of drug-likeness (QED) is 0.572. The number of carbonyl (C=O) groups excluding carboxylic acids is 2. The van der Waals surface area contributed by atoms with E-state index in [0.29, 0.717) is 26.2 Å². The van der Waals surface area contributed by atoms with Crippen LogP contribution in [-0.4, -0.2) is 51.0 Å². The fraction of sp³-hybridized carbons (Fsp3) is 0.333. The zero-order valence-electron chi connectivity index (χ0n) is 18.0. The van der Waals surface area contributed by atoms with Gasteiger partial charge < -0.3 is 10.2 Å². The molecule has 2 aromatic rings. The van der Waals surface area contributed by atoms with Crippen molar-refractivity contribution in [2.45, 2.75) is 26.4 Å². The lowest BCUT2D eigenvalue weighted by atomic mass is 10.1. The predicted octanol–water partition coefficient (Wildman–Crippen LogP) is 3.88. The average Bonchev–Trinajstić information content (AvgIpc) is 2.72. The van der Waals surface area contributed by atoms with Crippen LogP contribution in [0.4, 0.5) is 5.69 Å². The standard InChI is InChI=1S/C21H24Cl3N3O4S/c1-13-5-7-16(22)10-19(13)27(32(4,30)31)12-20(28)26(14(2)21(29)25-3)11-15-6-8-17(23)18(24)9-15/h5-10,14H,11-12H2,1-4H3,(H,25,29)/t14-/m0/s1. The van der Waals surface area contributed by atoms with Crippen LogP contribution in [0.25, 0.3) is 0 Å². The van der Waals surface area contributed by atoms with E-state index in [1.165, 1.54) is 18.0 Å². The molecule has 1 N–H and O–H groups in total. The molecule has 7 nitrogen and oxygen atoms in total. The third kappa shape index (κ3) is 6.51. The van der Waals surface area contributed by atoms with Gasteiger partial charge in [0.05, 0.1) is 22.0 Å². The number of aryl methyl sites for hydroxylation is 1. The molecule has 1 atom stereocenters. The van der Waals surface area contributed by atoms with Crippen LogP contribution >= 0.6 is 34.8 Å². The molecule has 0 radical (unpaired) electrons. The third-order valence-electron chi connectivity index (χ3n) is 4.87. The predicted molar refractivity (Wildman–Crippen MR) is 129 cm³/mol. The molecule has 0 aliphatic rings. The number of hydrogen-bond acceptors (Lipinski definition) is 4. The van der Waals surface area contributed by atoms with E-state index in [9.17, 15) is 18.0 Å². The van der Waals surface area contributed by atoms with Gasteiger partial charge in [0.2, 0.25) is 21.8 Å². The Morgan fingerprint density at radius 3 is 2.28 bits per heavy atom. The smallest absolute Gasteiger partial charge is 0.244 e. The van der Waals surface area contributed by atoms with Crippen LogP contribution in [0.2, 0.25) is 15.1 Å². The molecule has 0 aliphatic heterocycles. The molecule has 32 heavy (non-hydrogen) atoms. The normalized spacial score (nSPS) is 12.2. The number of amides is 2. The van der Waals surface area contributed by atoms with Crippen LogP contribution < -0.4 is 9.62 Å². The van der Waals surface area contributed by atoms with Gasteiger partial charge in [-0.3, -0.25) is 13.9 Å². The SMILES string of the molecule is CNC(=O)[C@H](C)N(Cc1ccc(Cl)c(Cl)c1)C(=O)CN(c1cc(Cl)ccc1C)S(C)(=O)=O. The fourth-order valence-corrected chi connectivity index (χ4v) is 4.46. The Balaban J connectivity index is 2.44. The Bertz CT molecular complexity index is 1130. The van der Waals surface area contributed by atoms with Crippen molar-refractivity contribution in [2.24, 2.45) is 0 Å². The lowest BCUT2D eigenvalue weighted by Gasteiger charge is -2.31. The van der Waals surface area contributed by atoms with Crippen LogP contribution in [0.5, 0.6) is 0 Å². The molecule has 0 aromatic heterocycles. The van der Waals surface area contributed by atoms with Crippen LogP contribution in [0.3, 0.4) is 0 Å². The number of benzene rings is 2. The summed E-state index contributed by atoms with van der Waals surface area (Å²) in [6.45, 7) is 2.79. The fourth-order valence-electron chi connectivity index (χ4n) is 3.07. The minimum atomic E-state index is -3.83. The summed E-state index contributed by atoms with van der Waals surface area (Å²) < 4.78 is 26.1. The van der Waals surface area contributed by atoms with E-state index >= 15 is 0 Å². The lowest BCUT2D eigenvalue weighted by molar-refractivity contribution is -0.139. The maximum Gasteiger partial charge on any atom is 0.244 e. The third-order valence-corrected chi connectivity index (χ3v) is 6.97. The Labute approximate surface area is 203 Å². The van der Waals surface area contributed by atoms with Gasteiger partial charge in [0.1, 0.15) is 12.6 Å². The Morgan fingerprint density at radius 1 is 1.06 bits per heavy atom. The van der Waals surface area contributed by atoms with Gasteiger partial charge in [0.25, 0.3) is 0 Å². The van der Waals surface area contributed by atoms with Gasteiger partial charge in [-0.25, -0.2) is 8.42 Å². The van der Waals surface area contributed by atoms with E-state index in [1.807, 2.05) is 0 Å². The second-order valence-corrected chi connectivity index (χ2v) is 10.4. The van der Waals surface area contributed by atoms with Gasteiger partial charge in [-0.15, -0.1) is 0 Å². The molecule has 2 aromatic carbocycles. The highest BCUT2D eigenvalue weighted by Crippen LogP contribution is 2.27. The summed E-state index contributed by atoms with van der Waals surface area (Å²) >= 11 is 18.1. The van der Waals surface area contributed by atoms with Crippen LogP contribution in [0.15, 0.2) is 36.4 Å². The first kappa shape index (κ1) is 26.3. The highest BCUT2D eigenvalue weighted by Gasteiger charge is 2.30. The largest absolute Gasteiger partial charge is 0.357 e. The van der Waals surface area contributed by atoms with Crippen molar-refractivity contribution >= 4 is 62.3 Å². The van der Waals surface area contributed by atoms with Crippen molar-refractivity contribution in [3.63, 3.8) is 0 Å². The molecule has 0 aliphatic carbocycles. The number of sulfonamides is 1. The summed E-state index contributed by atoms with van der Waals surface area (Å²) in [5.74, 6) is -0.972. The lowest BCUT2D eigenvalue weighted by Crippen LogP contribution is -2.50. The highest BCUT2D eigenvalue weighted by molar-refractivity contribution is 7.92. The Hall–Kier alpha value is -2.00. The topological polar surface area (TPSA) is 86.8 Å². The average molecular weight is 521 g/mol. The van der Waals surface area contributed by atoms with Crippen LogP contribution in [0, 0.1) is 6.92 Å². The summed E-state index contributed by atoms with van der Waals surface area (Å²) in [5, 5.41) is 3.50. The molecule has 174 valence electrons. The van der Waals surface area contributed by atoms with Crippen molar-refractivity contribution in [2.75, 3.05) is 24.2 Å². The number of anilines is 1. The zero-order valence-corrected chi connectivity index (χ0v) is 21.1. The van der Waals surface area contributed by atoms with Gasteiger partial charge in [-0.2, -0.15) is 0 Å². The highest BCUT2D eigenvalue weighted by atomic mass is 35.5. The molecule has 11 heteroatoms. The summed E-state index contributed by atoms with van der Waals surface area (Å²) in [7, 11) is -2.38. The summed E-state index contributed by atoms with van der Waals surface area (Å²) in [4.78, 5) is 26.9. The number of halogens is 3. The molecule has 0 saturated carbocycles. The monoisotopic (exact) mass is 519 g/mol. The number of nitrogens with zero attached hydrogens (tertiary/aromatic N) is 2. The summed E-state index contributed by atoms with van der Waals surface area (Å²) in [6, 6.07) is 8.77. The molecule has 0 spiro atoms. The molecule has 0 saturated heterocycles. The summed E-state index contributed by atoms with van der Waals surface area (Å²) in [6.07, 6.45) is 1.01. The van der Waals surface area contributed by atoms with Crippen molar-refractivity contribution in [1.29, 1.82) is 0 Å². The van der Waals surface area contributed by atoms with Crippen molar-refractivity contribution in [3.05, 3.63) is 62.6 Å². The van der Waals surface area contributed by atoms with E-state index in [1.54, 1.807) is 44.2 Å². The van der Waals surface area contributed by atoms with E-state index in [0.717, 1.165) is 10.6 Å². The molecule has 0 fully saturated rings. The molecular weight excluding hydrogens is 497 g/mol. The van der Waals surface area contributed by atoms with E-state index in [-0.39, 0.29) is 12.2 Å². The van der Waals surface area contributed by atoms with E-state index < -0.39 is 34.4 Å². The molecule has 0 unspecified atom stereocenters. The Morgan fingerprint density at radius 2 is 1.72 bits per heavy atom. The van der Waals surface area contributed by atoms with Gasteiger partial charge >= 0.3 is 0 Å². The second-order valence-electron chi connectivity index (χ2n) is 7.26. The van der Waals surface area contributed by atoms with E-state index in [2.05, 4.69) is 5.32 Å². The molecule has 0 bridgehead atoms. The molecular formula is C21H24Cl3N3O4S. The first-order chi connectivity index (χ1) is 14.8. The maximum absolute atomic E-state index is 13.3. The van der Waals surface area contributed by atoms with Crippen LogP contribution in [-0.2, 0) is 26.2 Å². The minimum absolute atomic E-state index is 0.0242. The zero-order chi connectivity index (χ0) is 24.2. The van der Waals surface area contributed by atoms with Crippen molar-refractivity contribution in [3.8, 4) is 0 Å². The van der Waals surface area contributed by atoms with E-state index in [4.69, 9.17) is 34.8 Å². The Kier molecular flexibility index (Phi) is 8.82. The number of hydrogen-bond donors (Lipinski definition) is 1. The molecule has 0 heterocycles. The van der Waals surface area contributed by atoms with Gasteiger partial charge in [-0.1, -0.05) is 46.9 Å². The van der Waals surface area contributed by atoms with Gasteiger partial charge in [0, 0.05) is 18.6 Å². The van der Waals surface area contributed by atoms with Crippen molar-refractivity contribution in [1.82, 2.24) is 10.2 Å². The molecule has 2 amide bonds. The van der Waals surface area contributed by atoms with Crippen molar-refractivity contribution < 1.29 is 18.0 Å². The number of rotatable bonds is 8. The molecule has 2 rings (SSSR count). The number of likely N-dealkylation sites (N-methyl/N-ethyl adjacent to an activating group) is 1. The first-order valence-corrected chi connectivity index (χ1v) is 12.5. The minimum Gasteiger partial charge on any atom is -0.357 e. The van der Waals surface area contributed by atoms with Gasteiger partial charge in [-0.05, 0) is 49.2 Å². The first-order valence-electron chi connectivity index (χ1n) is 9.54. The maximum atomic E-state index is 13.3. The summed E-state index contributed by atoms with van der Waals surface area (Å²) in [5.41, 5.74) is 1.55.